The number of carbonyl (C=O) groups is 2. The van der Waals surface area contributed by atoms with Crippen LogP contribution in [0.1, 0.15) is 35.8 Å². The predicted molar refractivity (Wildman–Crippen MR) is 99.2 cm³/mol. The highest BCUT2D eigenvalue weighted by atomic mass is 16.5. The first-order chi connectivity index (χ1) is 13.0. The first-order valence-electron chi connectivity index (χ1n) is 9.53. The van der Waals surface area contributed by atoms with Gasteiger partial charge in [-0.1, -0.05) is 0 Å². The van der Waals surface area contributed by atoms with Crippen LogP contribution < -0.4 is 10.3 Å². The van der Waals surface area contributed by atoms with E-state index in [0.717, 1.165) is 18.5 Å². The number of piperazine rings is 1. The third-order valence-corrected chi connectivity index (χ3v) is 5.18. The van der Waals surface area contributed by atoms with Gasteiger partial charge in [0.2, 0.25) is 0 Å². The van der Waals surface area contributed by atoms with Crippen molar-refractivity contribution in [1.82, 2.24) is 14.4 Å². The van der Waals surface area contributed by atoms with Gasteiger partial charge in [0, 0.05) is 44.5 Å². The number of ether oxygens (including phenoxy) is 2. The minimum atomic E-state index is -0.240. The average Bonchev–Trinajstić information content (AvgIpc) is 2.68. The largest absolute Gasteiger partial charge is 0.496 e. The molecule has 3 rings (SSSR count). The van der Waals surface area contributed by atoms with Crippen molar-refractivity contribution in [1.29, 1.82) is 0 Å². The smallest absolute Gasteiger partial charge is 0.320 e. The molecule has 0 spiro atoms. The van der Waals surface area contributed by atoms with Crippen LogP contribution in [-0.4, -0.2) is 72.7 Å². The molecule has 0 radical (unpaired) electrons. The molecule has 0 aromatic carbocycles. The quantitative estimate of drug-likeness (QED) is 0.696. The lowest BCUT2D eigenvalue weighted by Crippen LogP contribution is -2.50. The molecule has 8 nitrogen and oxygen atoms in total. The Hall–Kier alpha value is -2.35. The minimum absolute atomic E-state index is 0.103. The summed E-state index contributed by atoms with van der Waals surface area (Å²) in [6, 6.07) is 1.42. The number of fused-ring (bicyclic) bond motifs is 1. The SMILES string of the molecule is CCOC(=O)CN1CCN(C(=O)c2c(OC)cc(=O)n3c2CCCC3)CC1. The molecule has 2 aliphatic rings. The topological polar surface area (TPSA) is 81.1 Å². The molecule has 1 aromatic rings. The van der Waals surface area contributed by atoms with E-state index >= 15 is 0 Å². The molecule has 3 heterocycles. The van der Waals surface area contributed by atoms with Gasteiger partial charge in [-0.3, -0.25) is 19.3 Å². The molecule has 0 bridgehead atoms. The Bertz CT molecular complexity index is 765. The molecule has 0 N–H and O–H groups in total. The van der Waals surface area contributed by atoms with Crippen molar-refractivity contribution in [3.05, 3.63) is 27.7 Å². The molecule has 1 saturated heterocycles. The molecule has 1 fully saturated rings. The molecule has 0 unspecified atom stereocenters. The Balaban J connectivity index is 1.75. The van der Waals surface area contributed by atoms with Gasteiger partial charge in [-0.25, -0.2) is 0 Å². The lowest BCUT2D eigenvalue weighted by atomic mass is 10.0. The van der Waals surface area contributed by atoms with E-state index in [-0.39, 0.29) is 24.0 Å². The third kappa shape index (κ3) is 4.16. The number of carbonyl (C=O) groups excluding carboxylic acids is 2. The molecule has 1 amide bonds. The molecule has 27 heavy (non-hydrogen) atoms. The lowest BCUT2D eigenvalue weighted by Gasteiger charge is -2.35. The van der Waals surface area contributed by atoms with E-state index in [9.17, 15) is 14.4 Å². The van der Waals surface area contributed by atoms with E-state index in [4.69, 9.17) is 9.47 Å². The summed E-state index contributed by atoms with van der Waals surface area (Å²) in [6.07, 6.45) is 2.61. The van der Waals surface area contributed by atoms with Crippen molar-refractivity contribution in [3.8, 4) is 5.75 Å². The van der Waals surface area contributed by atoms with E-state index in [1.807, 2.05) is 4.90 Å². The van der Waals surface area contributed by atoms with Gasteiger partial charge in [-0.15, -0.1) is 0 Å². The van der Waals surface area contributed by atoms with Crippen molar-refractivity contribution in [2.75, 3.05) is 46.4 Å². The van der Waals surface area contributed by atoms with Crippen molar-refractivity contribution in [2.24, 2.45) is 0 Å². The zero-order valence-corrected chi connectivity index (χ0v) is 16.0. The monoisotopic (exact) mass is 377 g/mol. The number of aromatic nitrogens is 1. The molecule has 0 aliphatic carbocycles. The maximum atomic E-state index is 13.2. The van der Waals surface area contributed by atoms with Crippen molar-refractivity contribution in [2.45, 2.75) is 32.7 Å². The number of hydrogen-bond donors (Lipinski definition) is 0. The molecular weight excluding hydrogens is 350 g/mol. The second-order valence-electron chi connectivity index (χ2n) is 6.85. The third-order valence-electron chi connectivity index (χ3n) is 5.18. The Morgan fingerprint density at radius 3 is 2.52 bits per heavy atom. The number of nitrogens with zero attached hydrogens (tertiary/aromatic N) is 3. The number of esters is 1. The van der Waals surface area contributed by atoms with Crippen LogP contribution >= 0.6 is 0 Å². The summed E-state index contributed by atoms with van der Waals surface area (Å²) >= 11 is 0. The highest BCUT2D eigenvalue weighted by Crippen LogP contribution is 2.26. The number of hydrogen-bond acceptors (Lipinski definition) is 6. The van der Waals surface area contributed by atoms with Crippen LogP contribution in [0.3, 0.4) is 0 Å². The van der Waals surface area contributed by atoms with Crippen LogP contribution in [0.4, 0.5) is 0 Å². The fourth-order valence-corrected chi connectivity index (χ4v) is 3.79. The van der Waals surface area contributed by atoms with Crippen molar-refractivity contribution >= 4 is 11.9 Å². The summed E-state index contributed by atoms with van der Waals surface area (Å²) in [6.45, 7) is 5.33. The minimum Gasteiger partial charge on any atom is -0.496 e. The summed E-state index contributed by atoms with van der Waals surface area (Å²) in [7, 11) is 1.49. The Kier molecular flexibility index (Phi) is 6.15. The molecule has 8 heteroatoms. The fraction of sp³-hybridized carbons (Fsp3) is 0.632. The molecule has 2 aliphatic heterocycles. The first-order valence-corrected chi connectivity index (χ1v) is 9.53. The van der Waals surface area contributed by atoms with Crippen LogP contribution in [0.2, 0.25) is 0 Å². The summed E-state index contributed by atoms with van der Waals surface area (Å²) < 4.78 is 12.1. The number of pyridine rings is 1. The molecule has 0 atom stereocenters. The molecule has 1 aromatic heterocycles. The maximum absolute atomic E-state index is 13.2. The predicted octanol–water partition coefficient (Wildman–Crippen LogP) is 0.514. The Morgan fingerprint density at radius 1 is 1.11 bits per heavy atom. The van der Waals surface area contributed by atoms with Gasteiger partial charge in [0.15, 0.2) is 0 Å². The van der Waals surface area contributed by atoms with Crippen LogP contribution in [-0.2, 0) is 22.5 Å². The van der Waals surface area contributed by atoms with Gasteiger partial charge in [-0.05, 0) is 26.2 Å². The van der Waals surface area contributed by atoms with Crippen LogP contribution in [0.25, 0.3) is 0 Å². The van der Waals surface area contributed by atoms with Crippen molar-refractivity contribution < 1.29 is 19.1 Å². The zero-order chi connectivity index (χ0) is 19.4. The van der Waals surface area contributed by atoms with E-state index in [1.54, 1.807) is 16.4 Å². The van der Waals surface area contributed by atoms with Crippen molar-refractivity contribution in [3.63, 3.8) is 0 Å². The highest BCUT2D eigenvalue weighted by molar-refractivity contribution is 5.98. The van der Waals surface area contributed by atoms with Gasteiger partial charge < -0.3 is 18.9 Å². The molecular formula is C19H27N3O5. The van der Waals surface area contributed by atoms with E-state index in [1.165, 1.54) is 13.2 Å². The summed E-state index contributed by atoms with van der Waals surface area (Å²) in [5, 5.41) is 0. The summed E-state index contributed by atoms with van der Waals surface area (Å²) in [4.78, 5) is 40.9. The first kappa shape index (κ1) is 19.4. The van der Waals surface area contributed by atoms with Gasteiger partial charge in [0.25, 0.3) is 11.5 Å². The van der Waals surface area contributed by atoms with Crippen LogP contribution in [0, 0.1) is 0 Å². The molecule has 0 saturated carbocycles. The maximum Gasteiger partial charge on any atom is 0.320 e. The van der Waals surface area contributed by atoms with Crippen LogP contribution in [0.5, 0.6) is 5.75 Å². The average molecular weight is 377 g/mol. The number of amides is 1. The van der Waals surface area contributed by atoms with Gasteiger partial charge in [0.05, 0.1) is 20.3 Å². The van der Waals surface area contributed by atoms with Crippen LogP contribution in [0.15, 0.2) is 10.9 Å². The Morgan fingerprint density at radius 2 is 1.85 bits per heavy atom. The Labute approximate surface area is 158 Å². The number of methoxy groups -OCH3 is 1. The summed E-state index contributed by atoms with van der Waals surface area (Å²) in [5.41, 5.74) is 1.18. The fourth-order valence-electron chi connectivity index (χ4n) is 3.79. The second kappa shape index (κ2) is 8.56. The van der Waals surface area contributed by atoms with Gasteiger partial charge in [0.1, 0.15) is 11.3 Å². The lowest BCUT2D eigenvalue weighted by molar-refractivity contribution is -0.144. The van der Waals surface area contributed by atoms with Gasteiger partial charge >= 0.3 is 5.97 Å². The van der Waals surface area contributed by atoms with Gasteiger partial charge in [-0.2, -0.15) is 0 Å². The number of rotatable bonds is 5. The molecule has 148 valence electrons. The van der Waals surface area contributed by atoms with E-state index in [0.29, 0.717) is 57.1 Å². The highest BCUT2D eigenvalue weighted by Gasteiger charge is 2.30. The normalized spacial score (nSPS) is 17.3. The standard InChI is InChI=1S/C19H27N3O5/c1-3-27-17(24)13-20-8-10-21(11-9-20)19(25)18-14-6-4-5-7-22(14)16(23)12-15(18)26-2/h12H,3-11,13H2,1-2H3. The summed E-state index contributed by atoms with van der Waals surface area (Å²) in [5.74, 6) is 0.0100. The second-order valence-corrected chi connectivity index (χ2v) is 6.85. The zero-order valence-electron chi connectivity index (χ0n) is 16.0. The van der Waals surface area contributed by atoms with E-state index < -0.39 is 0 Å². The van der Waals surface area contributed by atoms with E-state index in [2.05, 4.69) is 0 Å².